The molecule has 56 valence electrons. The lowest BCUT2D eigenvalue weighted by Gasteiger charge is -2.21. The maximum Gasteiger partial charge on any atom is 0.0558 e. The summed E-state index contributed by atoms with van der Waals surface area (Å²) in [4.78, 5) is 2.03. The smallest absolute Gasteiger partial charge is 0.0558 e. The number of hydrogen-bond acceptors (Lipinski definition) is 3. The van der Waals surface area contributed by atoms with Gasteiger partial charge in [-0.2, -0.15) is 0 Å². The van der Waals surface area contributed by atoms with Gasteiger partial charge < -0.3 is 15.7 Å². The van der Waals surface area contributed by atoms with Crippen LogP contribution in [0.1, 0.15) is 6.92 Å². The molecule has 0 radical (unpaired) electrons. The summed E-state index contributed by atoms with van der Waals surface area (Å²) in [5.41, 5.74) is 5.38. The molecule has 3 heteroatoms. The number of nitrogens with two attached hydrogens (primary N) is 1. The van der Waals surface area contributed by atoms with E-state index in [1.165, 1.54) is 0 Å². The first-order valence-corrected chi connectivity index (χ1v) is 3.23. The van der Waals surface area contributed by atoms with Gasteiger partial charge >= 0.3 is 0 Å². The third kappa shape index (κ3) is 3.46. The lowest BCUT2D eigenvalue weighted by Crippen LogP contribution is -2.36. The Morgan fingerprint density at radius 2 is 2.22 bits per heavy atom. The molecule has 0 saturated heterocycles. The Balaban J connectivity index is 3.32. The van der Waals surface area contributed by atoms with Crippen LogP contribution in [0.5, 0.6) is 0 Å². The second-order valence-electron chi connectivity index (χ2n) is 2.29. The van der Waals surface area contributed by atoms with Gasteiger partial charge in [-0.05, 0) is 14.0 Å². The first kappa shape index (κ1) is 8.88. The molecular formula is C6H16N2O. The highest BCUT2D eigenvalue weighted by atomic mass is 16.3. The summed E-state index contributed by atoms with van der Waals surface area (Å²) < 4.78 is 0. The van der Waals surface area contributed by atoms with Crippen LogP contribution >= 0.6 is 0 Å². The predicted molar refractivity (Wildman–Crippen MR) is 38.2 cm³/mol. The van der Waals surface area contributed by atoms with E-state index >= 15 is 0 Å². The van der Waals surface area contributed by atoms with Gasteiger partial charge in [0.25, 0.3) is 0 Å². The van der Waals surface area contributed by atoms with Crippen LogP contribution in [0, 0.1) is 0 Å². The summed E-state index contributed by atoms with van der Waals surface area (Å²) >= 11 is 0. The molecule has 1 unspecified atom stereocenters. The van der Waals surface area contributed by atoms with E-state index < -0.39 is 0 Å². The van der Waals surface area contributed by atoms with Crippen molar-refractivity contribution in [3.05, 3.63) is 0 Å². The quantitative estimate of drug-likeness (QED) is 0.529. The maximum atomic E-state index is 8.50. The lowest BCUT2D eigenvalue weighted by atomic mass is 10.3. The lowest BCUT2D eigenvalue weighted by molar-refractivity contribution is 0.190. The molecule has 0 fully saturated rings. The van der Waals surface area contributed by atoms with Gasteiger partial charge in [-0.15, -0.1) is 0 Å². The Kier molecular flexibility index (Phi) is 4.67. The molecule has 0 aromatic heterocycles. The van der Waals surface area contributed by atoms with E-state index in [4.69, 9.17) is 10.8 Å². The van der Waals surface area contributed by atoms with E-state index in [9.17, 15) is 0 Å². The zero-order valence-electron chi connectivity index (χ0n) is 6.17. The summed E-state index contributed by atoms with van der Waals surface area (Å²) in [6.07, 6.45) is 0. The van der Waals surface area contributed by atoms with Crippen molar-refractivity contribution in [3.8, 4) is 0 Å². The zero-order valence-corrected chi connectivity index (χ0v) is 6.17. The van der Waals surface area contributed by atoms with Crippen molar-refractivity contribution in [3.63, 3.8) is 0 Å². The minimum absolute atomic E-state index is 0.209. The van der Waals surface area contributed by atoms with Crippen molar-refractivity contribution in [2.24, 2.45) is 5.73 Å². The SMILES string of the molecule is CC(CN)N(C)CCO. The minimum atomic E-state index is 0.209. The summed E-state index contributed by atoms with van der Waals surface area (Å²) in [6.45, 7) is 3.60. The standard InChI is InChI=1S/C6H16N2O/c1-6(5-7)8(2)3-4-9/h6,9H,3-5,7H2,1-2H3. The number of hydrogen-bond donors (Lipinski definition) is 2. The zero-order chi connectivity index (χ0) is 7.28. The van der Waals surface area contributed by atoms with Gasteiger partial charge in [0.2, 0.25) is 0 Å². The van der Waals surface area contributed by atoms with Crippen LogP contribution in [0.15, 0.2) is 0 Å². The Morgan fingerprint density at radius 1 is 1.67 bits per heavy atom. The maximum absolute atomic E-state index is 8.50. The summed E-state index contributed by atoms with van der Waals surface area (Å²) in [6, 6.07) is 0.372. The molecule has 3 nitrogen and oxygen atoms in total. The van der Waals surface area contributed by atoms with Gasteiger partial charge in [0.15, 0.2) is 0 Å². The Bertz CT molecular complexity index is 68.1. The molecule has 0 aliphatic carbocycles. The number of likely N-dealkylation sites (N-methyl/N-ethyl adjacent to an activating group) is 1. The van der Waals surface area contributed by atoms with Crippen LogP contribution in [0.3, 0.4) is 0 Å². The number of aliphatic hydroxyl groups is 1. The highest BCUT2D eigenvalue weighted by Crippen LogP contribution is 1.89. The summed E-state index contributed by atoms with van der Waals surface area (Å²) in [5.74, 6) is 0. The van der Waals surface area contributed by atoms with Crippen molar-refractivity contribution in [2.45, 2.75) is 13.0 Å². The van der Waals surface area contributed by atoms with Gasteiger partial charge in [0.1, 0.15) is 0 Å². The van der Waals surface area contributed by atoms with Crippen LogP contribution in [0.25, 0.3) is 0 Å². The Morgan fingerprint density at radius 3 is 2.56 bits per heavy atom. The van der Waals surface area contributed by atoms with Crippen LogP contribution in [0.2, 0.25) is 0 Å². The highest BCUT2D eigenvalue weighted by Gasteiger charge is 2.03. The topological polar surface area (TPSA) is 49.5 Å². The third-order valence-corrected chi connectivity index (χ3v) is 1.55. The molecule has 0 aliphatic heterocycles. The molecule has 0 saturated carbocycles. The normalized spacial score (nSPS) is 14.3. The monoisotopic (exact) mass is 132 g/mol. The van der Waals surface area contributed by atoms with E-state index in [-0.39, 0.29) is 6.61 Å². The highest BCUT2D eigenvalue weighted by molar-refractivity contribution is 4.61. The van der Waals surface area contributed by atoms with Crippen molar-refractivity contribution < 1.29 is 5.11 Å². The average Bonchev–Trinajstić information content (AvgIpc) is 1.87. The average molecular weight is 132 g/mol. The van der Waals surface area contributed by atoms with E-state index in [2.05, 4.69) is 0 Å². The molecule has 0 spiro atoms. The third-order valence-electron chi connectivity index (χ3n) is 1.55. The van der Waals surface area contributed by atoms with Gasteiger partial charge in [0, 0.05) is 19.1 Å². The fourth-order valence-corrected chi connectivity index (χ4v) is 0.558. The van der Waals surface area contributed by atoms with E-state index in [0.29, 0.717) is 19.1 Å². The molecule has 0 aromatic rings. The number of rotatable bonds is 4. The summed E-state index contributed by atoms with van der Waals surface area (Å²) in [5, 5.41) is 8.50. The van der Waals surface area contributed by atoms with Gasteiger partial charge in [-0.3, -0.25) is 0 Å². The van der Waals surface area contributed by atoms with Gasteiger partial charge in [0.05, 0.1) is 6.61 Å². The van der Waals surface area contributed by atoms with E-state index in [0.717, 1.165) is 0 Å². The van der Waals surface area contributed by atoms with Crippen LogP contribution in [0.4, 0.5) is 0 Å². The molecule has 9 heavy (non-hydrogen) atoms. The Hall–Kier alpha value is -0.120. The molecule has 0 aromatic carbocycles. The molecule has 0 amide bonds. The predicted octanol–water partition coefficient (Wildman–Crippen LogP) is -0.742. The first-order chi connectivity index (χ1) is 4.22. The molecule has 0 bridgehead atoms. The van der Waals surface area contributed by atoms with Crippen LogP contribution in [-0.4, -0.2) is 42.8 Å². The van der Waals surface area contributed by atoms with Crippen molar-refractivity contribution >= 4 is 0 Å². The van der Waals surface area contributed by atoms with Gasteiger partial charge in [-0.1, -0.05) is 0 Å². The minimum Gasteiger partial charge on any atom is -0.395 e. The van der Waals surface area contributed by atoms with E-state index in [1.54, 1.807) is 0 Å². The molecule has 0 aliphatic rings. The molecule has 1 atom stereocenters. The fraction of sp³-hybridized carbons (Fsp3) is 1.00. The number of aliphatic hydroxyl groups excluding tert-OH is 1. The number of nitrogens with zero attached hydrogens (tertiary/aromatic N) is 1. The largest absolute Gasteiger partial charge is 0.395 e. The second-order valence-corrected chi connectivity index (χ2v) is 2.29. The van der Waals surface area contributed by atoms with Gasteiger partial charge in [-0.25, -0.2) is 0 Å². The Labute approximate surface area is 56.5 Å². The molecule has 3 N–H and O–H groups in total. The van der Waals surface area contributed by atoms with Crippen molar-refractivity contribution in [1.82, 2.24) is 4.90 Å². The molecule has 0 rings (SSSR count). The van der Waals surface area contributed by atoms with Crippen LogP contribution < -0.4 is 5.73 Å². The summed E-state index contributed by atoms with van der Waals surface area (Å²) in [7, 11) is 1.95. The molecule has 0 heterocycles. The van der Waals surface area contributed by atoms with Crippen molar-refractivity contribution in [2.75, 3.05) is 26.7 Å². The fourth-order valence-electron chi connectivity index (χ4n) is 0.558. The molecular weight excluding hydrogens is 116 g/mol. The van der Waals surface area contributed by atoms with Crippen molar-refractivity contribution in [1.29, 1.82) is 0 Å². The van der Waals surface area contributed by atoms with Crippen LogP contribution in [-0.2, 0) is 0 Å². The van der Waals surface area contributed by atoms with E-state index in [1.807, 2.05) is 18.9 Å². The first-order valence-electron chi connectivity index (χ1n) is 3.23. The second kappa shape index (κ2) is 4.73.